The Hall–Kier alpha value is -2.34. The number of carbonyl (C=O) groups excluding carboxylic acids is 1. The fourth-order valence-corrected chi connectivity index (χ4v) is 4.37. The van der Waals surface area contributed by atoms with Gasteiger partial charge in [-0.25, -0.2) is 8.42 Å². The van der Waals surface area contributed by atoms with Gasteiger partial charge < -0.3 is 10.1 Å². The van der Waals surface area contributed by atoms with Crippen molar-refractivity contribution in [3.05, 3.63) is 59.2 Å². The Morgan fingerprint density at radius 1 is 1.15 bits per heavy atom. The van der Waals surface area contributed by atoms with Gasteiger partial charge in [0, 0.05) is 12.0 Å². The van der Waals surface area contributed by atoms with E-state index in [-0.39, 0.29) is 10.9 Å². The molecule has 5 nitrogen and oxygen atoms in total. The molecule has 2 aromatic rings. The van der Waals surface area contributed by atoms with Gasteiger partial charge in [-0.15, -0.1) is 0 Å². The average molecular weight is 373 g/mol. The molecule has 0 fully saturated rings. The Kier molecular flexibility index (Phi) is 5.05. The highest BCUT2D eigenvalue weighted by molar-refractivity contribution is 7.92. The zero-order chi connectivity index (χ0) is 18.9. The van der Waals surface area contributed by atoms with E-state index < -0.39 is 21.0 Å². The van der Waals surface area contributed by atoms with Crippen LogP contribution in [0.3, 0.4) is 0 Å². The summed E-state index contributed by atoms with van der Waals surface area (Å²) in [7, 11) is -3.75. The predicted octanol–water partition coefficient (Wildman–Crippen LogP) is 3.11. The molecule has 0 saturated carbocycles. The largest absolute Gasteiger partial charge is 0.493 e. The number of carbonyl (C=O) groups is 1. The number of hydrogen-bond donors (Lipinski definition) is 1. The van der Waals surface area contributed by atoms with Crippen molar-refractivity contribution >= 4 is 15.7 Å². The molecule has 3 rings (SSSR count). The van der Waals surface area contributed by atoms with Crippen molar-refractivity contribution in [2.45, 2.75) is 43.4 Å². The van der Waals surface area contributed by atoms with Gasteiger partial charge >= 0.3 is 0 Å². The van der Waals surface area contributed by atoms with Crippen LogP contribution in [0.2, 0.25) is 0 Å². The molecule has 2 aromatic carbocycles. The molecule has 1 aliphatic heterocycles. The predicted molar refractivity (Wildman–Crippen MR) is 100 cm³/mol. The first kappa shape index (κ1) is 18.5. The molecule has 0 radical (unpaired) electrons. The van der Waals surface area contributed by atoms with E-state index in [1.165, 1.54) is 6.92 Å². The van der Waals surface area contributed by atoms with E-state index in [0.717, 1.165) is 22.4 Å². The van der Waals surface area contributed by atoms with Gasteiger partial charge in [-0.2, -0.15) is 0 Å². The lowest BCUT2D eigenvalue weighted by Gasteiger charge is -2.27. The fraction of sp³-hybridized carbons (Fsp3) is 0.350. The molecular formula is C20H23NO4S. The van der Waals surface area contributed by atoms with Crippen LogP contribution in [0.25, 0.3) is 0 Å². The summed E-state index contributed by atoms with van der Waals surface area (Å²) >= 11 is 0. The van der Waals surface area contributed by atoms with Crippen LogP contribution in [0.1, 0.15) is 36.1 Å². The highest BCUT2D eigenvalue weighted by Crippen LogP contribution is 2.32. The normalized spacial score (nSPS) is 17.7. The third-order valence-corrected chi connectivity index (χ3v) is 6.97. The van der Waals surface area contributed by atoms with E-state index in [0.29, 0.717) is 13.0 Å². The summed E-state index contributed by atoms with van der Waals surface area (Å²) in [6, 6.07) is 12.2. The highest BCUT2D eigenvalue weighted by atomic mass is 32.2. The van der Waals surface area contributed by atoms with Crippen molar-refractivity contribution in [3.8, 4) is 5.75 Å². The van der Waals surface area contributed by atoms with Crippen LogP contribution in [0.5, 0.6) is 5.75 Å². The Bertz CT molecular complexity index is 937. The van der Waals surface area contributed by atoms with Crippen molar-refractivity contribution in [1.29, 1.82) is 0 Å². The SMILES string of the molecule is Cc1ccc(S(=O)(=O)C(C)C(=O)NC2CCOc3ccccc32)cc1C. The molecule has 1 amide bonds. The van der Waals surface area contributed by atoms with Crippen LogP contribution in [-0.4, -0.2) is 26.2 Å². The van der Waals surface area contributed by atoms with E-state index >= 15 is 0 Å². The molecular weight excluding hydrogens is 350 g/mol. The summed E-state index contributed by atoms with van der Waals surface area (Å²) in [4.78, 5) is 12.8. The van der Waals surface area contributed by atoms with Gasteiger partial charge in [0.05, 0.1) is 17.5 Å². The topological polar surface area (TPSA) is 72.5 Å². The van der Waals surface area contributed by atoms with E-state index in [1.807, 2.05) is 38.1 Å². The van der Waals surface area contributed by atoms with Gasteiger partial charge in [-0.3, -0.25) is 4.79 Å². The highest BCUT2D eigenvalue weighted by Gasteiger charge is 2.32. The van der Waals surface area contributed by atoms with Crippen molar-refractivity contribution in [3.63, 3.8) is 0 Å². The van der Waals surface area contributed by atoms with Crippen LogP contribution in [-0.2, 0) is 14.6 Å². The molecule has 1 N–H and O–H groups in total. The number of fused-ring (bicyclic) bond motifs is 1. The number of hydrogen-bond acceptors (Lipinski definition) is 4. The minimum Gasteiger partial charge on any atom is -0.493 e. The van der Waals surface area contributed by atoms with Crippen molar-refractivity contribution < 1.29 is 17.9 Å². The van der Waals surface area contributed by atoms with E-state index in [4.69, 9.17) is 4.74 Å². The standard InChI is InChI=1S/C20H23NO4S/c1-13-8-9-16(12-14(13)2)26(23,24)15(3)20(22)21-18-10-11-25-19-7-5-4-6-17(18)19/h4-9,12,15,18H,10-11H2,1-3H3,(H,21,22). The first-order chi connectivity index (χ1) is 12.3. The lowest BCUT2D eigenvalue weighted by atomic mass is 10.0. The second-order valence-electron chi connectivity index (χ2n) is 6.67. The third kappa shape index (κ3) is 3.46. The number of aryl methyl sites for hydroxylation is 2. The molecule has 0 aliphatic carbocycles. The molecule has 0 bridgehead atoms. The second-order valence-corrected chi connectivity index (χ2v) is 8.94. The number of ether oxygens (including phenoxy) is 1. The number of amides is 1. The van der Waals surface area contributed by atoms with Crippen LogP contribution in [0, 0.1) is 13.8 Å². The van der Waals surface area contributed by atoms with Gasteiger partial charge in [0.25, 0.3) is 0 Å². The Labute approximate surface area is 154 Å². The maximum atomic E-state index is 12.8. The molecule has 0 spiro atoms. The summed E-state index contributed by atoms with van der Waals surface area (Å²) in [6.07, 6.45) is 0.610. The maximum Gasteiger partial charge on any atom is 0.238 e. The molecule has 26 heavy (non-hydrogen) atoms. The monoisotopic (exact) mass is 373 g/mol. The van der Waals surface area contributed by atoms with Crippen molar-refractivity contribution in [2.24, 2.45) is 0 Å². The zero-order valence-corrected chi connectivity index (χ0v) is 16.0. The first-order valence-electron chi connectivity index (χ1n) is 8.64. The summed E-state index contributed by atoms with van der Waals surface area (Å²) in [6.45, 7) is 5.70. The summed E-state index contributed by atoms with van der Waals surface area (Å²) in [5.74, 6) is 0.235. The maximum absolute atomic E-state index is 12.8. The van der Waals surface area contributed by atoms with E-state index in [2.05, 4.69) is 5.32 Å². The fourth-order valence-electron chi connectivity index (χ4n) is 3.02. The van der Waals surface area contributed by atoms with Gasteiger partial charge in [0.1, 0.15) is 11.0 Å². The molecule has 6 heteroatoms. The minimum absolute atomic E-state index is 0.177. The lowest BCUT2D eigenvalue weighted by molar-refractivity contribution is -0.121. The van der Waals surface area contributed by atoms with E-state index in [9.17, 15) is 13.2 Å². The number of rotatable bonds is 4. The number of para-hydroxylation sites is 1. The molecule has 1 heterocycles. The molecule has 138 valence electrons. The van der Waals surface area contributed by atoms with Gasteiger partial charge in [0.15, 0.2) is 9.84 Å². The Morgan fingerprint density at radius 3 is 2.62 bits per heavy atom. The molecule has 2 atom stereocenters. The van der Waals surface area contributed by atoms with Gasteiger partial charge in [-0.1, -0.05) is 24.3 Å². The molecule has 0 saturated heterocycles. The summed E-state index contributed by atoms with van der Waals surface area (Å²) in [5, 5.41) is 1.71. The van der Waals surface area contributed by atoms with Crippen molar-refractivity contribution in [1.82, 2.24) is 5.32 Å². The Morgan fingerprint density at radius 2 is 1.88 bits per heavy atom. The number of nitrogens with one attached hydrogen (secondary N) is 1. The molecule has 1 aliphatic rings. The smallest absolute Gasteiger partial charge is 0.238 e. The van der Waals surface area contributed by atoms with Crippen molar-refractivity contribution in [2.75, 3.05) is 6.61 Å². The van der Waals surface area contributed by atoms with E-state index in [1.54, 1.807) is 18.2 Å². The van der Waals surface area contributed by atoms with Crippen LogP contribution >= 0.6 is 0 Å². The van der Waals surface area contributed by atoms with Gasteiger partial charge in [0.2, 0.25) is 5.91 Å². The Balaban J connectivity index is 1.81. The molecule has 0 aromatic heterocycles. The first-order valence-corrected chi connectivity index (χ1v) is 10.2. The van der Waals surface area contributed by atoms with Crippen LogP contribution in [0.15, 0.2) is 47.4 Å². The summed E-state index contributed by atoms with van der Waals surface area (Å²) in [5.41, 5.74) is 2.78. The molecule has 2 unspecified atom stereocenters. The zero-order valence-electron chi connectivity index (χ0n) is 15.2. The second kappa shape index (κ2) is 7.11. The number of benzene rings is 2. The van der Waals surface area contributed by atoms with Gasteiger partial charge in [-0.05, 0) is 50.1 Å². The minimum atomic E-state index is -3.75. The third-order valence-electron chi connectivity index (χ3n) is 4.92. The average Bonchev–Trinajstić information content (AvgIpc) is 2.63. The quantitative estimate of drug-likeness (QED) is 0.894. The van der Waals surface area contributed by atoms with Crippen LogP contribution < -0.4 is 10.1 Å². The summed E-state index contributed by atoms with van der Waals surface area (Å²) < 4.78 is 31.3. The number of sulfone groups is 1. The lowest BCUT2D eigenvalue weighted by Crippen LogP contribution is -2.41. The van der Waals surface area contributed by atoms with Crippen LogP contribution in [0.4, 0.5) is 0 Å².